The number of aliphatic imine (C=N–C) groups is 1. The Balaban J connectivity index is 1.99. The molecule has 1 heterocycles. The van der Waals surface area contributed by atoms with Crippen LogP contribution in [0.15, 0.2) is 65.7 Å². The molecule has 0 amide bonds. The van der Waals surface area contributed by atoms with Crippen molar-refractivity contribution in [2.75, 3.05) is 0 Å². The maximum Gasteiger partial charge on any atom is 0.109 e. The molecule has 2 aromatic rings. The SMILES string of the molecule is CCCC/C=C1/SC(c2ccccc2)=Nc2ccccc21. The molecular weight excluding hydrogens is 274 g/mol. The third kappa shape index (κ3) is 3.27. The van der Waals surface area contributed by atoms with Gasteiger partial charge in [-0.2, -0.15) is 0 Å². The van der Waals surface area contributed by atoms with Crippen molar-refractivity contribution in [2.24, 2.45) is 4.99 Å². The minimum absolute atomic E-state index is 1.08. The van der Waals surface area contributed by atoms with Crippen LogP contribution in [0.4, 0.5) is 5.69 Å². The predicted molar refractivity (Wildman–Crippen MR) is 94.2 cm³/mol. The number of benzene rings is 2. The molecule has 2 heteroatoms. The Bertz CT molecular complexity index is 671. The molecule has 0 aliphatic carbocycles. The van der Waals surface area contributed by atoms with Crippen molar-refractivity contribution in [3.05, 3.63) is 71.8 Å². The Morgan fingerprint density at radius 1 is 1.00 bits per heavy atom. The van der Waals surface area contributed by atoms with Gasteiger partial charge < -0.3 is 0 Å². The van der Waals surface area contributed by atoms with Crippen molar-refractivity contribution >= 4 is 27.4 Å². The molecule has 0 aromatic heterocycles. The predicted octanol–water partition coefficient (Wildman–Crippen LogP) is 6.04. The van der Waals surface area contributed by atoms with Crippen molar-refractivity contribution in [2.45, 2.75) is 26.2 Å². The number of para-hydroxylation sites is 1. The molecule has 0 bridgehead atoms. The average molecular weight is 293 g/mol. The molecule has 1 aliphatic rings. The first kappa shape index (κ1) is 14.2. The van der Waals surface area contributed by atoms with Crippen LogP contribution in [0.25, 0.3) is 4.91 Å². The zero-order valence-corrected chi connectivity index (χ0v) is 13.1. The highest BCUT2D eigenvalue weighted by molar-refractivity contribution is 8.22. The summed E-state index contributed by atoms with van der Waals surface area (Å²) in [4.78, 5) is 6.17. The van der Waals surface area contributed by atoms with Gasteiger partial charge >= 0.3 is 0 Å². The number of thioether (sulfide) groups is 1. The van der Waals surface area contributed by atoms with E-state index < -0.39 is 0 Å². The Morgan fingerprint density at radius 3 is 2.57 bits per heavy atom. The second-order valence-corrected chi connectivity index (χ2v) is 6.14. The summed E-state index contributed by atoms with van der Waals surface area (Å²) in [6.07, 6.45) is 5.97. The fraction of sp³-hybridized carbons (Fsp3) is 0.211. The topological polar surface area (TPSA) is 12.4 Å². The van der Waals surface area contributed by atoms with Crippen molar-refractivity contribution in [3.63, 3.8) is 0 Å². The molecule has 0 N–H and O–H groups in total. The van der Waals surface area contributed by atoms with Gasteiger partial charge in [0.05, 0.1) is 5.69 Å². The quantitative estimate of drug-likeness (QED) is 0.626. The van der Waals surface area contributed by atoms with Gasteiger partial charge in [0, 0.05) is 16.0 Å². The fourth-order valence-corrected chi connectivity index (χ4v) is 3.45. The molecule has 1 aliphatic heterocycles. The van der Waals surface area contributed by atoms with E-state index in [2.05, 4.69) is 61.5 Å². The van der Waals surface area contributed by atoms with E-state index in [1.165, 1.54) is 28.9 Å². The maximum absolute atomic E-state index is 4.83. The second kappa shape index (κ2) is 6.77. The van der Waals surface area contributed by atoms with E-state index in [4.69, 9.17) is 4.99 Å². The average Bonchev–Trinajstić information content (AvgIpc) is 2.55. The molecule has 21 heavy (non-hydrogen) atoms. The maximum atomic E-state index is 4.83. The normalized spacial score (nSPS) is 15.7. The van der Waals surface area contributed by atoms with E-state index in [-0.39, 0.29) is 0 Å². The van der Waals surface area contributed by atoms with Crippen LogP contribution in [0.3, 0.4) is 0 Å². The summed E-state index contributed by atoms with van der Waals surface area (Å²) >= 11 is 1.79. The molecule has 0 atom stereocenters. The highest BCUT2D eigenvalue weighted by Crippen LogP contribution is 2.42. The highest BCUT2D eigenvalue weighted by atomic mass is 32.2. The molecule has 2 aromatic carbocycles. The van der Waals surface area contributed by atoms with Crippen LogP contribution in [0.1, 0.15) is 37.3 Å². The van der Waals surface area contributed by atoms with E-state index in [0.717, 1.165) is 17.2 Å². The number of nitrogens with zero attached hydrogens (tertiary/aromatic N) is 1. The van der Waals surface area contributed by atoms with E-state index in [1.54, 1.807) is 11.8 Å². The molecule has 0 spiro atoms. The van der Waals surface area contributed by atoms with Gasteiger partial charge in [0.2, 0.25) is 0 Å². The minimum Gasteiger partial charge on any atom is -0.240 e. The molecule has 0 fully saturated rings. The van der Waals surface area contributed by atoms with Gasteiger partial charge in [-0.15, -0.1) is 0 Å². The Kier molecular flexibility index (Phi) is 4.56. The standard InChI is InChI=1S/C19H19NS/c1-2-3-5-14-18-16-12-8-9-13-17(16)20-19(21-18)15-10-6-4-7-11-15/h4,6-14H,2-3,5H2,1H3/b18-14+. The highest BCUT2D eigenvalue weighted by Gasteiger charge is 2.18. The number of fused-ring (bicyclic) bond motifs is 1. The van der Waals surface area contributed by atoms with Crippen LogP contribution in [-0.4, -0.2) is 5.04 Å². The number of allylic oxidation sites excluding steroid dienone is 1. The molecule has 0 saturated heterocycles. The fourth-order valence-electron chi connectivity index (χ4n) is 2.36. The summed E-state index contributed by atoms with van der Waals surface area (Å²) in [6, 6.07) is 18.9. The van der Waals surface area contributed by atoms with Crippen LogP contribution >= 0.6 is 11.8 Å². The van der Waals surface area contributed by atoms with Gasteiger partial charge in [0.1, 0.15) is 5.04 Å². The van der Waals surface area contributed by atoms with Crippen LogP contribution in [0.5, 0.6) is 0 Å². The molecule has 1 nitrogen and oxygen atoms in total. The van der Waals surface area contributed by atoms with E-state index in [9.17, 15) is 0 Å². The lowest BCUT2D eigenvalue weighted by Crippen LogP contribution is -2.00. The smallest absolute Gasteiger partial charge is 0.109 e. The van der Waals surface area contributed by atoms with E-state index in [1.807, 2.05) is 6.07 Å². The lowest BCUT2D eigenvalue weighted by atomic mass is 10.1. The van der Waals surface area contributed by atoms with Gasteiger partial charge in [-0.25, -0.2) is 4.99 Å². The first-order valence-corrected chi connectivity index (χ1v) is 8.31. The molecule has 0 saturated carbocycles. The Morgan fingerprint density at radius 2 is 1.76 bits per heavy atom. The van der Waals surface area contributed by atoms with Gasteiger partial charge in [-0.1, -0.05) is 86.1 Å². The first-order chi connectivity index (χ1) is 10.4. The van der Waals surface area contributed by atoms with Gasteiger partial charge in [0.15, 0.2) is 0 Å². The second-order valence-electron chi connectivity index (χ2n) is 5.11. The third-order valence-electron chi connectivity index (χ3n) is 3.51. The van der Waals surface area contributed by atoms with Gasteiger partial charge in [-0.3, -0.25) is 0 Å². The summed E-state index contributed by atoms with van der Waals surface area (Å²) in [5.41, 5.74) is 3.54. The van der Waals surface area contributed by atoms with Crippen LogP contribution in [-0.2, 0) is 0 Å². The summed E-state index contributed by atoms with van der Waals surface area (Å²) < 4.78 is 0. The van der Waals surface area contributed by atoms with E-state index in [0.29, 0.717) is 0 Å². The van der Waals surface area contributed by atoms with Crippen LogP contribution in [0.2, 0.25) is 0 Å². The lowest BCUT2D eigenvalue weighted by Gasteiger charge is -2.18. The zero-order chi connectivity index (χ0) is 14.5. The minimum atomic E-state index is 1.08. The van der Waals surface area contributed by atoms with E-state index >= 15 is 0 Å². The lowest BCUT2D eigenvalue weighted by molar-refractivity contribution is 0.816. The molecule has 0 radical (unpaired) electrons. The summed E-state index contributed by atoms with van der Waals surface area (Å²) in [7, 11) is 0. The van der Waals surface area contributed by atoms with Crippen molar-refractivity contribution in [1.29, 1.82) is 0 Å². The summed E-state index contributed by atoms with van der Waals surface area (Å²) in [5.74, 6) is 0. The molecule has 106 valence electrons. The summed E-state index contributed by atoms with van der Waals surface area (Å²) in [6.45, 7) is 2.23. The van der Waals surface area contributed by atoms with Gasteiger partial charge in [-0.05, 0) is 12.5 Å². The van der Waals surface area contributed by atoms with Crippen LogP contribution < -0.4 is 0 Å². The summed E-state index contributed by atoms with van der Waals surface area (Å²) in [5, 5.41) is 1.09. The van der Waals surface area contributed by atoms with Crippen molar-refractivity contribution < 1.29 is 0 Å². The first-order valence-electron chi connectivity index (χ1n) is 7.50. The largest absolute Gasteiger partial charge is 0.240 e. The molecular formula is C19H19NS. The van der Waals surface area contributed by atoms with Gasteiger partial charge in [0.25, 0.3) is 0 Å². The number of unbranched alkanes of at least 4 members (excludes halogenated alkanes) is 2. The monoisotopic (exact) mass is 293 g/mol. The van der Waals surface area contributed by atoms with Crippen LogP contribution in [0, 0.1) is 0 Å². The third-order valence-corrected chi connectivity index (χ3v) is 4.63. The number of hydrogen-bond donors (Lipinski definition) is 0. The Hall–Kier alpha value is -1.80. The van der Waals surface area contributed by atoms with Crippen molar-refractivity contribution in [1.82, 2.24) is 0 Å². The zero-order valence-electron chi connectivity index (χ0n) is 12.3. The number of rotatable bonds is 4. The molecule has 3 rings (SSSR count). The Labute approximate surface area is 130 Å². The molecule has 0 unspecified atom stereocenters. The number of hydrogen-bond acceptors (Lipinski definition) is 2. The van der Waals surface area contributed by atoms with Crippen molar-refractivity contribution in [3.8, 4) is 0 Å².